The fraction of sp³-hybridized carbons (Fsp3) is 0.538. The van der Waals surface area contributed by atoms with Crippen LogP contribution in [0.4, 0.5) is 0 Å². The van der Waals surface area contributed by atoms with Gasteiger partial charge in [0.25, 0.3) is 0 Å². The van der Waals surface area contributed by atoms with Crippen LogP contribution >= 0.6 is 12.4 Å². The number of halogens is 1. The third kappa shape index (κ3) is 4.45. The highest BCUT2D eigenvalue weighted by Crippen LogP contribution is 2.31. The normalized spacial score (nSPS) is 16.7. The molecular formula is C13H21ClN2O2S. The van der Waals surface area contributed by atoms with Crippen LogP contribution in [0.5, 0.6) is 0 Å². The van der Waals surface area contributed by atoms with E-state index in [9.17, 15) is 8.42 Å². The van der Waals surface area contributed by atoms with Crippen LogP contribution in [0.1, 0.15) is 25.3 Å². The standard InChI is InChI=1S/C13H20N2O2S.ClH/c1-2-10-3-7-12(8-4-10)18(16,17)15-9-13(14)11-5-6-11;/h3-4,7-8,11,13,15H,2,5-6,9,14H2,1H3;1H. The fourth-order valence-electron chi connectivity index (χ4n) is 1.88. The van der Waals surface area contributed by atoms with Crippen LogP contribution in [0, 0.1) is 5.92 Å². The molecule has 0 heterocycles. The van der Waals surface area contributed by atoms with Crippen molar-refractivity contribution in [2.45, 2.75) is 37.1 Å². The molecule has 1 aromatic rings. The highest BCUT2D eigenvalue weighted by atomic mass is 35.5. The molecule has 108 valence electrons. The van der Waals surface area contributed by atoms with Gasteiger partial charge >= 0.3 is 0 Å². The molecule has 19 heavy (non-hydrogen) atoms. The molecule has 0 bridgehead atoms. The van der Waals surface area contributed by atoms with Gasteiger partial charge in [-0.2, -0.15) is 0 Å². The Morgan fingerprint density at radius 1 is 1.32 bits per heavy atom. The largest absolute Gasteiger partial charge is 0.326 e. The lowest BCUT2D eigenvalue weighted by Gasteiger charge is -2.12. The third-order valence-corrected chi connectivity index (χ3v) is 4.82. The van der Waals surface area contributed by atoms with Crippen LogP contribution < -0.4 is 10.5 Å². The number of nitrogens with one attached hydrogen (secondary N) is 1. The number of aryl methyl sites for hydroxylation is 1. The minimum atomic E-state index is -3.42. The first-order valence-electron chi connectivity index (χ1n) is 6.37. The molecule has 3 N–H and O–H groups in total. The van der Waals surface area contributed by atoms with Gasteiger partial charge in [-0.3, -0.25) is 0 Å². The van der Waals surface area contributed by atoms with Gasteiger partial charge in [-0.15, -0.1) is 12.4 Å². The Labute approximate surface area is 121 Å². The van der Waals surface area contributed by atoms with E-state index in [2.05, 4.69) is 4.72 Å². The van der Waals surface area contributed by atoms with Crippen LogP contribution in [0.25, 0.3) is 0 Å². The summed E-state index contributed by atoms with van der Waals surface area (Å²) in [6, 6.07) is 6.91. The van der Waals surface area contributed by atoms with Crippen LogP contribution in [-0.4, -0.2) is 21.0 Å². The molecule has 1 fully saturated rings. The second-order valence-corrected chi connectivity index (χ2v) is 6.62. The molecule has 0 aromatic heterocycles. The Kier molecular flexibility index (Phi) is 5.80. The van der Waals surface area contributed by atoms with Gasteiger partial charge in [0.15, 0.2) is 0 Å². The Balaban J connectivity index is 0.00000180. The molecule has 0 amide bonds. The van der Waals surface area contributed by atoms with Crippen molar-refractivity contribution in [1.82, 2.24) is 4.72 Å². The molecule has 1 saturated carbocycles. The molecule has 0 radical (unpaired) electrons. The van der Waals surface area contributed by atoms with Crippen molar-refractivity contribution in [2.75, 3.05) is 6.54 Å². The number of benzene rings is 1. The Morgan fingerprint density at radius 3 is 2.37 bits per heavy atom. The number of hydrogen-bond donors (Lipinski definition) is 2. The molecule has 0 saturated heterocycles. The molecule has 1 unspecified atom stereocenters. The predicted molar refractivity (Wildman–Crippen MR) is 79.0 cm³/mol. The fourth-order valence-corrected chi connectivity index (χ4v) is 2.96. The minimum absolute atomic E-state index is 0. The smallest absolute Gasteiger partial charge is 0.240 e. The number of nitrogens with two attached hydrogens (primary N) is 1. The second-order valence-electron chi connectivity index (χ2n) is 4.85. The van der Waals surface area contributed by atoms with Gasteiger partial charge in [-0.1, -0.05) is 19.1 Å². The maximum atomic E-state index is 12.0. The summed E-state index contributed by atoms with van der Waals surface area (Å²) >= 11 is 0. The van der Waals surface area contributed by atoms with E-state index in [4.69, 9.17) is 5.73 Å². The molecule has 0 spiro atoms. The molecule has 0 aliphatic heterocycles. The van der Waals surface area contributed by atoms with Crippen LogP contribution in [0.15, 0.2) is 29.2 Å². The van der Waals surface area contributed by atoms with Gasteiger partial charge in [0.05, 0.1) is 4.90 Å². The number of sulfonamides is 1. The van der Waals surface area contributed by atoms with Crippen LogP contribution in [0.3, 0.4) is 0 Å². The molecular weight excluding hydrogens is 284 g/mol. The summed E-state index contributed by atoms with van der Waals surface area (Å²) in [7, 11) is -3.42. The molecule has 4 nitrogen and oxygen atoms in total. The Morgan fingerprint density at radius 2 is 1.89 bits per heavy atom. The van der Waals surface area contributed by atoms with Crippen molar-refractivity contribution in [3.63, 3.8) is 0 Å². The van der Waals surface area contributed by atoms with Gasteiger partial charge in [0.1, 0.15) is 0 Å². The second kappa shape index (κ2) is 6.70. The average molecular weight is 305 g/mol. The van der Waals surface area contributed by atoms with E-state index >= 15 is 0 Å². The first-order chi connectivity index (χ1) is 8.53. The van der Waals surface area contributed by atoms with E-state index in [1.54, 1.807) is 12.1 Å². The van der Waals surface area contributed by atoms with E-state index < -0.39 is 10.0 Å². The van der Waals surface area contributed by atoms with Gasteiger partial charge < -0.3 is 5.73 Å². The van der Waals surface area contributed by atoms with Crippen molar-refractivity contribution >= 4 is 22.4 Å². The summed E-state index contributed by atoms with van der Waals surface area (Å²) in [6.45, 7) is 2.36. The maximum absolute atomic E-state index is 12.0. The van der Waals surface area contributed by atoms with Crippen molar-refractivity contribution in [3.05, 3.63) is 29.8 Å². The Hall–Kier alpha value is -0.620. The van der Waals surface area contributed by atoms with Crippen molar-refractivity contribution < 1.29 is 8.42 Å². The molecule has 6 heteroatoms. The van der Waals surface area contributed by atoms with Gasteiger partial charge in [0.2, 0.25) is 10.0 Å². The summed E-state index contributed by atoms with van der Waals surface area (Å²) in [5.74, 6) is 0.496. The minimum Gasteiger partial charge on any atom is -0.326 e. The highest BCUT2D eigenvalue weighted by Gasteiger charge is 2.29. The zero-order valence-corrected chi connectivity index (χ0v) is 12.6. The monoisotopic (exact) mass is 304 g/mol. The SMILES string of the molecule is CCc1ccc(S(=O)(=O)NCC(N)C2CC2)cc1.Cl. The highest BCUT2D eigenvalue weighted by molar-refractivity contribution is 7.89. The topological polar surface area (TPSA) is 72.2 Å². The zero-order valence-electron chi connectivity index (χ0n) is 11.0. The lowest BCUT2D eigenvalue weighted by Crippen LogP contribution is -2.38. The summed E-state index contributed by atoms with van der Waals surface area (Å²) < 4.78 is 26.6. The lowest BCUT2D eigenvalue weighted by atomic mass is 10.2. The van der Waals surface area contributed by atoms with Crippen LogP contribution in [0.2, 0.25) is 0 Å². The van der Waals surface area contributed by atoms with Gasteiger partial charge in [-0.25, -0.2) is 13.1 Å². The molecule has 1 aliphatic rings. The van der Waals surface area contributed by atoms with E-state index in [1.165, 1.54) is 0 Å². The van der Waals surface area contributed by atoms with Crippen molar-refractivity contribution in [1.29, 1.82) is 0 Å². The first kappa shape index (κ1) is 16.4. The third-order valence-electron chi connectivity index (χ3n) is 3.38. The summed E-state index contributed by atoms with van der Waals surface area (Å²) in [5.41, 5.74) is 7.01. The van der Waals surface area contributed by atoms with E-state index in [0.29, 0.717) is 17.4 Å². The summed E-state index contributed by atoms with van der Waals surface area (Å²) in [5, 5.41) is 0. The Bertz CT molecular complexity index is 498. The van der Waals surface area contributed by atoms with Crippen molar-refractivity contribution in [3.8, 4) is 0 Å². The maximum Gasteiger partial charge on any atom is 0.240 e. The van der Waals surface area contributed by atoms with Crippen molar-refractivity contribution in [2.24, 2.45) is 11.7 Å². The molecule has 1 aliphatic carbocycles. The van der Waals surface area contributed by atoms with E-state index in [-0.39, 0.29) is 18.4 Å². The quantitative estimate of drug-likeness (QED) is 0.840. The number of rotatable bonds is 6. The summed E-state index contributed by atoms with van der Waals surface area (Å²) in [4.78, 5) is 0.308. The molecule has 2 rings (SSSR count). The lowest BCUT2D eigenvalue weighted by molar-refractivity contribution is 0.547. The molecule has 1 aromatic carbocycles. The van der Waals surface area contributed by atoms with Crippen LogP contribution in [-0.2, 0) is 16.4 Å². The van der Waals surface area contributed by atoms with E-state index in [1.807, 2.05) is 19.1 Å². The zero-order chi connectivity index (χ0) is 13.2. The van der Waals surface area contributed by atoms with E-state index in [0.717, 1.165) is 24.8 Å². The van der Waals surface area contributed by atoms with Gasteiger partial charge in [0, 0.05) is 12.6 Å². The van der Waals surface area contributed by atoms with Gasteiger partial charge in [-0.05, 0) is 42.9 Å². The predicted octanol–water partition coefficient (Wildman–Crippen LogP) is 1.69. The first-order valence-corrected chi connectivity index (χ1v) is 7.85. The number of hydrogen-bond acceptors (Lipinski definition) is 3. The average Bonchev–Trinajstić information content (AvgIpc) is 3.20. The summed E-state index contributed by atoms with van der Waals surface area (Å²) in [6.07, 6.45) is 3.14. The molecule has 1 atom stereocenters.